The Morgan fingerprint density at radius 2 is 1.58 bits per heavy atom. The number of piperidine rings is 1. The van der Waals surface area contributed by atoms with Gasteiger partial charge in [-0.3, -0.25) is 0 Å². The van der Waals surface area contributed by atoms with Gasteiger partial charge in [0.15, 0.2) is 0 Å². The molecular formula is C10H18FN. The van der Waals surface area contributed by atoms with Gasteiger partial charge in [-0.05, 0) is 50.6 Å². The van der Waals surface area contributed by atoms with Gasteiger partial charge in [0.25, 0.3) is 0 Å². The Morgan fingerprint density at radius 1 is 1.00 bits per heavy atom. The lowest BCUT2D eigenvalue weighted by atomic mass is 9.75. The predicted molar refractivity (Wildman–Crippen MR) is 47.8 cm³/mol. The summed E-state index contributed by atoms with van der Waals surface area (Å²) < 4.78 is 13.7. The fourth-order valence-corrected chi connectivity index (χ4v) is 2.31. The molecule has 1 heterocycles. The average Bonchev–Trinajstić information content (AvgIpc) is 2.03. The van der Waals surface area contributed by atoms with Gasteiger partial charge in [-0.1, -0.05) is 6.42 Å². The maximum atomic E-state index is 13.7. The van der Waals surface area contributed by atoms with E-state index >= 15 is 0 Å². The molecule has 12 heavy (non-hydrogen) atoms. The highest BCUT2D eigenvalue weighted by Crippen LogP contribution is 2.37. The molecule has 70 valence electrons. The molecule has 1 atom stereocenters. The van der Waals surface area contributed by atoms with Crippen LogP contribution in [-0.2, 0) is 0 Å². The predicted octanol–water partition coefficient (Wildman–Crippen LogP) is 2.12. The van der Waals surface area contributed by atoms with E-state index in [0.717, 1.165) is 38.8 Å². The minimum atomic E-state index is -0.485. The zero-order valence-corrected chi connectivity index (χ0v) is 7.56. The summed E-state index contributed by atoms with van der Waals surface area (Å²) in [5, 5.41) is 3.28. The largest absolute Gasteiger partial charge is 0.317 e. The number of hydrogen-bond donors (Lipinski definition) is 1. The second-order valence-corrected chi connectivity index (χ2v) is 4.22. The van der Waals surface area contributed by atoms with E-state index in [1.54, 1.807) is 0 Å². The van der Waals surface area contributed by atoms with Crippen LogP contribution in [0.5, 0.6) is 0 Å². The van der Waals surface area contributed by atoms with Gasteiger partial charge < -0.3 is 5.32 Å². The first kappa shape index (κ1) is 8.49. The van der Waals surface area contributed by atoms with Gasteiger partial charge in [-0.2, -0.15) is 0 Å². The van der Waals surface area contributed by atoms with Crippen molar-refractivity contribution in [1.29, 1.82) is 0 Å². The topological polar surface area (TPSA) is 12.0 Å². The van der Waals surface area contributed by atoms with Crippen LogP contribution in [0.15, 0.2) is 0 Å². The van der Waals surface area contributed by atoms with Crippen molar-refractivity contribution >= 4 is 0 Å². The van der Waals surface area contributed by atoms with Crippen molar-refractivity contribution in [2.24, 2.45) is 11.8 Å². The standard InChI is InChI=1S/C10H18FN/c11-10(8-2-1-3-8)9-4-6-12-7-5-9/h8-10,12H,1-7H2. The van der Waals surface area contributed by atoms with E-state index in [4.69, 9.17) is 0 Å². The molecule has 0 radical (unpaired) electrons. The maximum Gasteiger partial charge on any atom is 0.106 e. The molecule has 1 nitrogen and oxygen atoms in total. The molecule has 0 aromatic carbocycles. The second kappa shape index (κ2) is 3.73. The average molecular weight is 171 g/mol. The van der Waals surface area contributed by atoms with E-state index in [1.807, 2.05) is 0 Å². The van der Waals surface area contributed by atoms with Gasteiger partial charge in [0, 0.05) is 0 Å². The van der Waals surface area contributed by atoms with Crippen molar-refractivity contribution < 1.29 is 4.39 Å². The van der Waals surface area contributed by atoms with Crippen LogP contribution in [-0.4, -0.2) is 19.3 Å². The Balaban J connectivity index is 1.80. The Morgan fingerprint density at radius 3 is 2.08 bits per heavy atom. The van der Waals surface area contributed by atoms with E-state index in [9.17, 15) is 4.39 Å². The molecule has 1 aliphatic heterocycles. The quantitative estimate of drug-likeness (QED) is 0.671. The van der Waals surface area contributed by atoms with Gasteiger partial charge >= 0.3 is 0 Å². The highest BCUT2D eigenvalue weighted by atomic mass is 19.1. The zero-order chi connectivity index (χ0) is 8.39. The number of halogens is 1. The first-order valence-electron chi connectivity index (χ1n) is 5.22. The second-order valence-electron chi connectivity index (χ2n) is 4.22. The van der Waals surface area contributed by atoms with E-state index in [1.165, 1.54) is 6.42 Å². The van der Waals surface area contributed by atoms with Crippen molar-refractivity contribution in [3.05, 3.63) is 0 Å². The first-order valence-corrected chi connectivity index (χ1v) is 5.22. The van der Waals surface area contributed by atoms with Gasteiger partial charge in [0.1, 0.15) is 6.17 Å². The monoisotopic (exact) mass is 171 g/mol. The molecule has 0 aromatic rings. The van der Waals surface area contributed by atoms with Crippen molar-refractivity contribution in [1.82, 2.24) is 5.32 Å². The summed E-state index contributed by atoms with van der Waals surface area (Å²) in [7, 11) is 0. The summed E-state index contributed by atoms with van der Waals surface area (Å²) in [6.07, 6.45) is 5.17. The zero-order valence-electron chi connectivity index (χ0n) is 7.56. The maximum absolute atomic E-state index is 13.7. The molecule has 2 heteroatoms. The molecule has 1 saturated heterocycles. The van der Waals surface area contributed by atoms with Crippen molar-refractivity contribution in [2.45, 2.75) is 38.3 Å². The molecular weight excluding hydrogens is 153 g/mol. The van der Waals surface area contributed by atoms with Gasteiger partial charge in [0.05, 0.1) is 0 Å². The Bertz CT molecular complexity index is 139. The van der Waals surface area contributed by atoms with E-state index in [-0.39, 0.29) is 0 Å². The minimum Gasteiger partial charge on any atom is -0.317 e. The lowest BCUT2D eigenvalue weighted by Gasteiger charge is -2.35. The lowest BCUT2D eigenvalue weighted by molar-refractivity contribution is 0.0771. The van der Waals surface area contributed by atoms with Crippen LogP contribution in [0.2, 0.25) is 0 Å². The van der Waals surface area contributed by atoms with E-state index < -0.39 is 6.17 Å². The third-order valence-electron chi connectivity index (χ3n) is 3.43. The summed E-state index contributed by atoms with van der Waals surface area (Å²) in [6, 6.07) is 0. The smallest absolute Gasteiger partial charge is 0.106 e. The molecule has 2 fully saturated rings. The number of hydrogen-bond acceptors (Lipinski definition) is 1. The third-order valence-corrected chi connectivity index (χ3v) is 3.43. The lowest BCUT2D eigenvalue weighted by Crippen LogP contribution is -2.37. The number of rotatable bonds is 2. The Labute approximate surface area is 73.7 Å². The van der Waals surface area contributed by atoms with Gasteiger partial charge in [0.2, 0.25) is 0 Å². The van der Waals surface area contributed by atoms with Gasteiger partial charge in [-0.15, -0.1) is 0 Å². The van der Waals surface area contributed by atoms with Crippen LogP contribution in [0.1, 0.15) is 32.1 Å². The fourth-order valence-electron chi connectivity index (χ4n) is 2.31. The highest BCUT2D eigenvalue weighted by Gasteiger charge is 2.33. The number of alkyl halides is 1. The first-order chi connectivity index (χ1) is 5.88. The molecule has 0 spiro atoms. The van der Waals surface area contributed by atoms with Crippen LogP contribution in [0.3, 0.4) is 0 Å². The summed E-state index contributed by atoms with van der Waals surface area (Å²) in [5.74, 6) is 0.796. The SMILES string of the molecule is FC(C1CCC1)C1CCNCC1. The van der Waals surface area contributed by atoms with E-state index in [0.29, 0.717) is 11.8 Å². The molecule has 0 aromatic heterocycles. The fraction of sp³-hybridized carbons (Fsp3) is 1.00. The van der Waals surface area contributed by atoms with Crippen LogP contribution in [0, 0.1) is 11.8 Å². The van der Waals surface area contributed by atoms with Gasteiger partial charge in [-0.25, -0.2) is 4.39 Å². The molecule has 2 rings (SSSR count). The molecule has 1 N–H and O–H groups in total. The Hall–Kier alpha value is -0.110. The van der Waals surface area contributed by atoms with Crippen molar-refractivity contribution in [3.63, 3.8) is 0 Å². The van der Waals surface area contributed by atoms with E-state index in [2.05, 4.69) is 5.32 Å². The summed E-state index contributed by atoms with van der Waals surface area (Å²) in [5.41, 5.74) is 0. The van der Waals surface area contributed by atoms with Crippen LogP contribution in [0.25, 0.3) is 0 Å². The summed E-state index contributed by atoms with van der Waals surface area (Å²) in [4.78, 5) is 0. The molecule has 1 saturated carbocycles. The number of nitrogens with one attached hydrogen (secondary N) is 1. The third kappa shape index (κ3) is 1.63. The highest BCUT2D eigenvalue weighted by molar-refractivity contribution is 4.84. The van der Waals surface area contributed by atoms with Crippen molar-refractivity contribution in [2.75, 3.05) is 13.1 Å². The Kier molecular flexibility index (Phi) is 2.64. The van der Waals surface area contributed by atoms with Crippen LogP contribution in [0.4, 0.5) is 4.39 Å². The van der Waals surface area contributed by atoms with Crippen LogP contribution >= 0.6 is 0 Å². The molecule has 1 unspecified atom stereocenters. The molecule has 2 aliphatic rings. The normalized spacial score (nSPS) is 29.8. The molecule has 1 aliphatic carbocycles. The van der Waals surface area contributed by atoms with Crippen LogP contribution < -0.4 is 5.32 Å². The molecule has 0 amide bonds. The summed E-state index contributed by atoms with van der Waals surface area (Å²) in [6.45, 7) is 2.05. The minimum absolute atomic E-state index is 0.372. The van der Waals surface area contributed by atoms with Crippen molar-refractivity contribution in [3.8, 4) is 0 Å². The molecule has 0 bridgehead atoms. The summed E-state index contributed by atoms with van der Waals surface area (Å²) >= 11 is 0.